The van der Waals surface area contributed by atoms with E-state index in [9.17, 15) is 9.59 Å². The van der Waals surface area contributed by atoms with Gasteiger partial charge < -0.3 is 19.5 Å². The minimum atomic E-state index is -0.400. The fraction of sp³-hybridized carbons (Fsp3) is 0.524. The van der Waals surface area contributed by atoms with Gasteiger partial charge in [-0.1, -0.05) is 19.3 Å². The summed E-state index contributed by atoms with van der Waals surface area (Å²) < 4.78 is 7.65. The molecule has 0 bridgehead atoms. The first-order valence-electron chi connectivity index (χ1n) is 9.90. The molecule has 27 heavy (non-hydrogen) atoms. The molecule has 0 atom stereocenters. The van der Waals surface area contributed by atoms with Crippen LogP contribution in [0.5, 0.6) is 5.75 Å². The second-order valence-electron chi connectivity index (χ2n) is 7.16. The molecule has 1 N–H and O–H groups in total. The average Bonchev–Trinajstić information content (AvgIpc) is 3.06. The van der Waals surface area contributed by atoms with Crippen molar-refractivity contribution in [3.8, 4) is 5.75 Å². The highest BCUT2D eigenvalue weighted by atomic mass is 16.6. The normalized spacial score (nSPS) is 14.9. The first-order chi connectivity index (χ1) is 13.0. The van der Waals surface area contributed by atoms with Gasteiger partial charge in [0.05, 0.1) is 11.2 Å². The Bertz CT molecular complexity index is 817. The third-order valence-electron chi connectivity index (χ3n) is 5.47. The van der Waals surface area contributed by atoms with Crippen LogP contribution in [0.15, 0.2) is 24.4 Å². The van der Waals surface area contributed by atoms with Crippen molar-refractivity contribution in [2.45, 2.75) is 46.0 Å². The van der Waals surface area contributed by atoms with E-state index in [1.54, 1.807) is 11.0 Å². The van der Waals surface area contributed by atoms with Crippen molar-refractivity contribution < 1.29 is 14.3 Å². The molecule has 6 heteroatoms. The lowest BCUT2D eigenvalue weighted by atomic mass is 9.88. The van der Waals surface area contributed by atoms with E-state index in [0.717, 1.165) is 36.6 Å². The van der Waals surface area contributed by atoms with E-state index in [1.165, 1.54) is 6.42 Å². The van der Waals surface area contributed by atoms with Gasteiger partial charge in [-0.05, 0) is 44.9 Å². The van der Waals surface area contributed by atoms with Gasteiger partial charge in [-0.3, -0.25) is 4.79 Å². The number of benzene rings is 1. The van der Waals surface area contributed by atoms with E-state index < -0.39 is 6.09 Å². The molecule has 146 valence electrons. The lowest BCUT2D eigenvalue weighted by Gasteiger charge is -2.23. The molecule has 1 aliphatic carbocycles. The second kappa shape index (κ2) is 8.46. The van der Waals surface area contributed by atoms with Crippen LogP contribution in [0.3, 0.4) is 0 Å². The van der Waals surface area contributed by atoms with Crippen LogP contribution >= 0.6 is 0 Å². The molecule has 3 rings (SSSR count). The van der Waals surface area contributed by atoms with E-state index in [-0.39, 0.29) is 11.8 Å². The fourth-order valence-corrected chi connectivity index (χ4v) is 3.78. The summed E-state index contributed by atoms with van der Waals surface area (Å²) in [7, 11) is 1.96. The highest BCUT2D eigenvalue weighted by molar-refractivity contribution is 6.05. The molecule has 1 aromatic carbocycles. The van der Waals surface area contributed by atoms with Gasteiger partial charge in [0.2, 0.25) is 5.91 Å². The van der Waals surface area contributed by atoms with Crippen LogP contribution in [-0.4, -0.2) is 34.6 Å². The van der Waals surface area contributed by atoms with Crippen LogP contribution in [0.2, 0.25) is 0 Å². The third-order valence-corrected chi connectivity index (χ3v) is 5.47. The largest absolute Gasteiger partial charge is 0.415 e. The molecular formula is C21H29N3O3. The average molecular weight is 371 g/mol. The van der Waals surface area contributed by atoms with Gasteiger partial charge in [0.1, 0.15) is 0 Å². The number of nitrogens with zero attached hydrogens (tertiary/aromatic N) is 2. The van der Waals surface area contributed by atoms with Crippen LogP contribution < -0.4 is 10.1 Å². The molecule has 2 amide bonds. The Morgan fingerprint density at radius 3 is 2.52 bits per heavy atom. The van der Waals surface area contributed by atoms with Crippen molar-refractivity contribution in [3.63, 3.8) is 0 Å². The molecule has 1 aliphatic rings. The van der Waals surface area contributed by atoms with Crippen molar-refractivity contribution in [1.82, 2.24) is 9.47 Å². The number of aromatic nitrogens is 1. The summed E-state index contributed by atoms with van der Waals surface area (Å²) in [6.07, 6.45) is 6.77. The molecule has 0 aliphatic heterocycles. The predicted molar refractivity (Wildman–Crippen MR) is 107 cm³/mol. The Labute approximate surface area is 160 Å². The fourth-order valence-electron chi connectivity index (χ4n) is 3.78. The molecule has 6 nitrogen and oxygen atoms in total. The summed E-state index contributed by atoms with van der Waals surface area (Å²) in [6, 6.07) is 5.62. The van der Waals surface area contributed by atoms with Crippen molar-refractivity contribution in [2.75, 3.05) is 18.4 Å². The summed E-state index contributed by atoms with van der Waals surface area (Å²) in [4.78, 5) is 26.9. The summed E-state index contributed by atoms with van der Waals surface area (Å²) in [6.45, 7) is 4.98. The lowest BCUT2D eigenvalue weighted by molar-refractivity contribution is -0.120. The number of hydrogen-bond donors (Lipinski definition) is 1. The van der Waals surface area contributed by atoms with Crippen molar-refractivity contribution in [3.05, 3.63) is 24.4 Å². The van der Waals surface area contributed by atoms with Gasteiger partial charge >= 0.3 is 6.09 Å². The smallest absolute Gasteiger partial charge is 0.408 e. The predicted octanol–water partition coefficient (Wildman–Crippen LogP) is 4.54. The zero-order valence-corrected chi connectivity index (χ0v) is 16.5. The van der Waals surface area contributed by atoms with Gasteiger partial charge in [-0.2, -0.15) is 0 Å². The molecule has 0 radical (unpaired) electrons. The van der Waals surface area contributed by atoms with Crippen molar-refractivity contribution >= 4 is 28.6 Å². The minimum Gasteiger partial charge on any atom is -0.408 e. The second-order valence-corrected chi connectivity index (χ2v) is 7.16. The Balaban J connectivity index is 1.92. The maximum Gasteiger partial charge on any atom is 0.415 e. The van der Waals surface area contributed by atoms with E-state index in [0.29, 0.717) is 24.5 Å². The molecule has 1 heterocycles. The number of carbonyl (C=O) groups is 2. The summed E-state index contributed by atoms with van der Waals surface area (Å²) >= 11 is 0. The van der Waals surface area contributed by atoms with Crippen LogP contribution in [-0.2, 0) is 11.8 Å². The number of aryl methyl sites for hydroxylation is 1. The quantitative estimate of drug-likeness (QED) is 0.839. The van der Waals surface area contributed by atoms with Gasteiger partial charge in [0, 0.05) is 37.6 Å². The minimum absolute atomic E-state index is 0.0196. The number of fused-ring (bicyclic) bond motifs is 1. The number of nitrogens with one attached hydrogen (secondary N) is 1. The zero-order chi connectivity index (χ0) is 19.4. The Morgan fingerprint density at radius 1 is 1.15 bits per heavy atom. The summed E-state index contributed by atoms with van der Waals surface area (Å²) in [5, 5.41) is 3.95. The summed E-state index contributed by atoms with van der Waals surface area (Å²) in [5.74, 6) is 0.449. The van der Waals surface area contributed by atoms with Gasteiger partial charge in [0.25, 0.3) is 0 Å². The number of ether oxygens (including phenoxy) is 1. The maximum absolute atomic E-state index is 12.8. The Kier molecular flexibility index (Phi) is 6.04. The van der Waals surface area contributed by atoms with Crippen molar-refractivity contribution in [2.24, 2.45) is 13.0 Å². The van der Waals surface area contributed by atoms with Gasteiger partial charge in [0.15, 0.2) is 5.75 Å². The number of rotatable bonds is 5. The number of hydrogen-bond acceptors (Lipinski definition) is 3. The van der Waals surface area contributed by atoms with Crippen molar-refractivity contribution in [1.29, 1.82) is 0 Å². The highest BCUT2D eigenvalue weighted by Crippen LogP contribution is 2.35. The molecule has 1 fully saturated rings. The van der Waals surface area contributed by atoms with Crippen LogP contribution in [0, 0.1) is 5.92 Å². The zero-order valence-electron chi connectivity index (χ0n) is 16.5. The maximum atomic E-state index is 12.8. The Morgan fingerprint density at radius 2 is 1.85 bits per heavy atom. The monoisotopic (exact) mass is 371 g/mol. The summed E-state index contributed by atoms with van der Waals surface area (Å²) in [5.41, 5.74) is 1.57. The molecule has 2 aromatic rings. The Hall–Kier alpha value is -2.50. The molecule has 0 saturated heterocycles. The molecular weight excluding hydrogens is 342 g/mol. The van der Waals surface area contributed by atoms with Crippen LogP contribution in [0.1, 0.15) is 46.0 Å². The third kappa shape index (κ3) is 4.10. The van der Waals surface area contributed by atoms with E-state index in [2.05, 4.69) is 5.32 Å². The first kappa shape index (κ1) is 19.3. The SMILES string of the molecule is CCN(CC)C(=O)Oc1ccc2c(ccn2C)c1NC(=O)C1CCCCC1. The molecule has 1 aromatic heterocycles. The molecule has 0 spiro atoms. The van der Waals surface area contributed by atoms with E-state index in [4.69, 9.17) is 4.74 Å². The van der Waals surface area contributed by atoms with Gasteiger partial charge in [-0.15, -0.1) is 0 Å². The number of amides is 2. The van der Waals surface area contributed by atoms with E-state index >= 15 is 0 Å². The number of carbonyl (C=O) groups excluding carboxylic acids is 2. The van der Waals surface area contributed by atoms with Crippen LogP contribution in [0.4, 0.5) is 10.5 Å². The van der Waals surface area contributed by atoms with Crippen LogP contribution in [0.25, 0.3) is 10.9 Å². The lowest BCUT2D eigenvalue weighted by Crippen LogP contribution is -2.33. The standard InChI is InChI=1S/C21H29N3O3/c1-4-24(5-2)21(26)27-18-12-11-17-16(13-14-23(17)3)19(18)22-20(25)15-9-7-6-8-10-15/h11-15H,4-10H2,1-3H3,(H,22,25). The van der Waals surface area contributed by atoms with Gasteiger partial charge in [-0.25, -0.2) is 4.79 Å². The number of anilines is 1. The van der Waals surface area contributed by atoms with E-state index in [1.807, 2.05) is 43.8 Å². The molecule has 1 saturated carbocycles. The highest BCUT2D eigenvalue weighted by Gasteiger charge is 2.24. The molecule has 0 unspecified atom stereocenters. The topological polar surface area (TPSA) is 63.6 Å². The first-order valence-corrected chi connectivity index (χ1v) is 9.90.